The van der Waals surface area contributed by atoms with Crippen molar-refractivity contribution in [1.82, 2.24) is 0 Å². The number of fused-ring (bicyclic) bond motifs is 13. The van der Waals surface area contributed by atoms with Crippen LogP contribution in [-0.4, -0.2) is 0 Å². The molecule has 0 saturated heterocycles. The van der Waals surface area contributed by atoms with Gasteiger partial charge in [-0.1, -0.05) is 139 Å². The Morgan fingerprint density at radius 3 is 1.53 bits per heavy atom. The number of anilines is 6. The molecular weight excluding hydrogens is 705 g/mol. The quantitative estimate of drug-likeness (QED) is 0.169. The zero-order valence-corrected chi connectivity index (χ0v) is 31.2. The van der Waals surface area contributed by atoms with Gasteiger partial charge in [0.05, 0.1) is 23.3 Å². The Kier molecular flexibility index (Phi) is 6.11. The number of para-hydroxylation sites is 4. The SMILES string of the molecule is [2H]c1c([2H])c([2H])c(N(c2ccc3c(c2)C2(c4ccccc4-c4ccc(N(c5ccccc5)c5ccccc5)cc42)c2ccccc2-3)c2cccc3oc4ccccc4c23)c([2H])c1[2H]. The van der Waals surface area contributed by atoms with Crippen LogP contribution in [0.1, 0.15) is 29.1 Å². The first kappa shape index (κ1) is 27.9. The molecule has 1 aromatic heterocycles. The van der Waals surface area contributed by atoms with Crippen LogP contribution < -0.4 is 9.80 Å². The second-order valence-corrected chi connectivity index (χ2v) is 14.9. The van der Waals surface area contributed by atoms with Gasteiger partial charge in [0, 0.05) is 33.8 Å². The van der Waals surface area contributed by atoms with Crippen molar-refractivity contribution >= 4 is 56.1 Å². The number of hydrogen-bond acceptors (Lipinski definition) is 3. The molecule has 1 unspecified atom stereocenters. The largest absolute Gasteiger partial charge is 0.456 e. The molecule has 10 aromatic rings. The lowest BCUT2D eigenvalue weighted by molar-refractivity contribution is 0.669. The first-order valence-corrected chi connectivity index (χ1v) is 19.5. The van der Waals surface area contributed by atoms with Crippen molar-refractivity contribution in [1.29, 1.82) is 0 Å². The normalized spacial score (nSPS) is 15.8. The van der Waals surface area contributed by atoms with E-state index in [4.69, 9.17) is 8.53 Å². The Bertz CT molecular complexity index is 3410. The molecule has 58 heavy (non-hydrogen) atoms. The number of nitrogens with zero attached hydrogens (tertiary/aromatic N) is 2. The van der Waals surface area contributed by atoms with E-state index in [1.165, 1.54) is 0 Å². The van der Waals surface area contributed by atoms with Gasteiger partial charge >= 0.3 is 0 Å². The molecule has 0 amide bonds. The molecule has 0 radical (unpaired) electrons. The van der Waals surface area contributed by atoms with E-state index in [1.54, 1.807) is 0 Å². The first-order valence-electron chi connectivity index (χ1n) is 22.0. The van der Waals surface area contributed by atoms with Crippen molar-refractivity contribution in [2.24, 2.45) is 0 Å². The summed E-state index contributed by atoms with van der Waals surface area (Å²) in [5, 5.41) is 1.64. The molecule has 0 fully saturated rings. The lowest BCUT2D eigenvalue weighted by Gasteiger charge is -2.33. The van der Waals surface area contributed by atoms with Crippen LogP contribution in [0, 0.1) is 0 Å². The van der Waals surface area contributed by atoms with E-state index in [0.29, 0.717) is 22.5 Å². The zero-order valence-electron chi connectivity index (χ0n) is 36.2. The van der Waals surface area contributed by atoms with Crippen molar-refractivity contribution in [3.63, 3.8) is 0 Å². The Morgan fingerprint density at radius 2 is 0.897 bits per heavy atom. The van der Waals surface area contributed by atoms with Crippen LogP contribution in [-0.2, 0) is 5.41 Å². The van der Waals surface area contributed by atoms with Crippen LogP contribution in [0.15, 0.2) is 223 Å². The van der Waals surface area contributed by atoms with Gasteiger partial charge in [0.15, 0.2) is 0 Å². The maximum absolute atomic E-state index is 9.37. The molecule has 1 atom stereocenters. The first-order chi connectivity index (χ1) is 30.9. The summed E-state index contributed by atoms with van der Waals surface area (Å²) < 4.78 is 51.4. The molecule has 3 heteroatoms. The minimum atomic E-state index is -0.775. The number of furan rings is 1. The number of hydrogen-bond donors (Lipinski definition) is 0. The molecule has 1 spiro atoms. The van der Waals surface area contributed by atoms with E-state index in [-0.39, 0.29) is 17.8 Å². The zero-order chi connectivity index (χ0) is 42.6. The molecular formula is C55H36N2O. The Morgan fingerprint density at radius 1 is 0.379 bits per heavy atom. The van der Waals surface area contributed by atoms with Gasteiger partial charge in [-0.05, 0) is 123 Å². The Labute approximate surface area is 344 Å². The fraction of sp³-hybridized carbons (Fsp3) is 0.0182. The molecule has 3 nitrogen and oxygen atoms in total. The molecule has 2 aliphatic carbocycles. The summed E-state index contributed by atoms with van der Waals surface area (Å²) in [7, 11) is 0. The van der Waals surface area contributed by atoms with Crippen LogP contribution in [0.2, 0.25) is 0 Å². The van der Waals surface area contributed by atoms with E-state index in [9.17, 15) is 2.74 Å². The monoisotopic (exact) mass is 745 g/mol. The van der Waals surface area contributed by atoms with Gasteiger partial charge in [-0.2, -0.15) is 0 Å². The fourth-order valence-corrected chi connectivity index (χ4v) is 9.68. The van der Waals surface area contributed by atoms with Crippen LogP contribution >= 0.6 is 0 Å². The third-order valence-electron chi connectivity index (χ3n) is 11.9. The lowest BCUT2D eigenvalue weighted by atomic mass is 9.70. The topological polar surface area (TPSA) is 19.6 Å². The molecule has 272 valence electrons. The maximum Gasteiger partial charge on any atom is 0.137 e. The highest BCUT2D eigenvalue weighted by Gasteiger charge is 2.52. The molecule has 9 aromatic carbocycles. The summed E-state index contributed by atoms with van der Waals surface area (Å²) in [4.78, 5) is 4.14. The van der Waals surface area contributed by atoms with Gasteiger partial charge in [0.25, 0.3) is 0 Å². The summed E-state index contributed by atoms with van der Waals surface area (Å²) in [5.74, 6) is 0. The Balaban J connectivity index is 1.17. The summed E-state index contributed by atoms with van der Waals surface area (Å²) in [6.45, 7) is 0. The summed E-state index contributed by atoms with van der Waals surface area (Å²) in [6, 6.07) is 63.0. The molecule has 12 rings (SSSR count). The van der Waals surface area contributed by atoms with Crippen LogP contribution in [0.25, 0.3) is 44.2 Å². The third kappa shape index (κ3) is 4.62. The van der Waals surface area contributed by atoms with E-state index in [1.807, 2.05) is 65.6 Å². The summed E-state index contributed by atoms with van der Waals surface area (Å²) in [6.07, 6.45) is 0. The standard InChI is InChI=1S/C55H36N2O/c1-4-17-37(18-5-1)56(38-19-6-2-7-20-38)40-31-33-44-42-23-10-13-26-47(42)55(49(44)35-40)48-27-14-11-24-43(48)45-34-32-41(36-50(45)55)57(39-21-8-3-9-22-39)51-28-16-30-53-54(51)46-25-12-15-29-52(46)58-53/h1-36H/i3D,8D,9D,21D,22D. The van der Waals surface area contributed by atoms with Gasteiger partial charge in [0.1, 0.15) is 11.2 Å². The van der Waals surface area contributed by atoms with E-state index in [2.05, 4.69) is 132 Å². The van der Waals surface area contributed by atoms with Gasteiger partial charge in [-0.3, -0.25) is 0 Å². The Hall–Kier alpha value is -7.62. The van der Waals surface area contributed by atoms with Crippen molar-refractivity contribution < 1.29 is 11.3 Å². The van der Waals surface area contributed by atoms with Gasteiger partial charge < -0.3 is 14.2 Å². The number of rotatable bonds is 6. The van der Waals surface area contributed by atoms with Crippen LogP contribution in [0.4, 0.5) is 34.1 Å². The summed E-state index contributed by atoms with van der Waals surface area (Å²) in [5.41, 5.74) is 13.9. The lowest BCUT2D eigenvalue weighted by Crippen LogP contribution is -2.26. The van der Waals surface area contributed by atoms with Gasteiger partial charge in [-0.25, -0.2) is 0 Å². The molecule has 0 bridgehead atoms. The third-order valence-corrected chi connectivity index (χ3v) is 11.9. The molecule has 1 heterocycles. The number of benzene rings is 9. The van der Waals surface area contributed by atoms with Crippen molar-refractivity contribution in [3.8, 4) is 22.3 Å². The second kappa shape index (κ2) is 12.7. The molecule has 2 aliphatic rings. The fourth-order valence-electron chi connectivity index (χ4n) is 9.68. The van der Waals surface area contributed by atoms with Crippen LogP contribution in [0.3, 0.4) is 0 Å². The minimum absolute atomic E-state index is 0.0548. The van der Waals surface area contributed by atoms with Crippen molar-refractivity contribution in [2.45, 2.75) is 5.41 Å². The average Bonchev–Trinajstić information content (AvgIpc) is 3.96. The van der Waals surface area contributed by atoms with Gasteiger partial charge in [0.2, 0.25) is 0 Å². The highest BCUT2D eigenvalue weighted by Crippen LogP contribution is 2.64. The second-order valence-electron chi connectivity index (χ2n) is 14.9. The molecule has 0 aliphatic heterocycles. The average molecular weight is 746 g/mol. The van der Waals surface area contributed by atoms with E-state index in [0.717, 1.165) is 72.3 Å². The minimum Gasteiger partial charge on any atom is -0.456 e. The van der Waals surface area contributed by atoms with Crippen molar-refractivity contribution in [3.05, 3.63) is 241 Å². The molecule has 0 saturated carbocycles. The van der Waals surface area contributed by atoms with Gasteiger partial charge in [-0.15, -0.1) is 0 Å². The van der Waals surface area contributed by atoms with Crippen molar-refractivity contribution in [2.75, 3.05) is 9.80 Å². The predicted molar refractivity (Wildman–Crippen MR) is 239 cm³/mol. The summed E-state index contributed by atoms with van der Waals surface area (Å²) >= 11 is 0. The maximum atomic E-state index is 9.37. The highest BCUT2D eigenvalue weighted by atomic mass is 16.3. The highest BCUT2D eigenvalue weighted by molar-refractivity contribution is 6.13. The van der Waals surface area contributed by atoms with E-state index < -0.39 is 23.5 Å². The van der Waals surface area contributed by atoms with E-state index >= 15 is 0 Å². The predicted octanol–water partition coefficient (Wildman–Crippen LogP) is 14.9. The molecule has 0 N–H and O–H groups in total. The smallest absolute Gasteiger partial charge is 0.137 e. The van der Waals surface area contributed by atoms with Crippen LogP contribution in [0.5, 0.6) is 0 Å².